The predicted octanol–water partition coefficient (Wildman–Crippen LogP) is 1.43. The number of hydrogen-bond acceptors (Lipinski definition) is 2. The van der Waals surface area contributed by atoms with E-state index in [9.17, 15) is 0 Å². The number of hydrogen-bond donors (Lipinski definition) is 1. The minimum absolute atomic E-state index is 0.345. The van der Waals surface area contributed by atoms with Gasteiger partial charge in [0.05, 0.1) is 6.61 Å². The molecule has 0 unspecified atom stereocenters. The SMILES string of the molecule is C#CCOCC1CCC(CO)CC1. The molecular formula is C11H18O2. The molecule has 1 rings (SSSR count). The second-order valence-electron chi connectivity index (χ2n) is 3.79. The molecule has 0 aromatic carbocycles. The van der Waals surface area contributed by atoms with Crippen molar-refractivity contribution in [2.75, 3.05) is 19.8 Å². The van der Waals surface area contributed by atoms with E-state index in [2.05, 4.69) is 5.92 Å². The first-order valence-corrected chi connectivity index (χ1v) is 4.99. The van der Waals surface area contributed by atoms with Gasteiger partial charge >= 0.3 is 0 Å². The minimum Gasteiger partial charge on any atom is -0.396 e. The van der Waals surface area contributed by atoms with E-state index in [0.717, 1.165) is 19.4 Å². The smallest absolute Gasteiger partial charge is 0.107 e. The molecule has 0 amide bonds. The van der Waals surface area contributed by atoms with Crippen LogP contribution in [0.2, 0.25) is 0 Å². The van der Waals surface area contributed by atoms with Gasteiger partial charge in [0.2, 0.25) is 0 Å². The molecule has 0 bridgehead atoms. The van der Waals surface area contributed by atoms with Gasteiger partial charge < -0.3 is 9.84 Å². The number of aliphatic hydroxyl groups excluding tert-OH is 1. The minimum atomic E-state index is 0.345. The van der Waals surface area contributed by atoms with Crippen LogP contribution in [-0.2, 0) is 4.74 Å². The molecule has 1 aliphatic carbocycles. The second kappa shape index (κ2) is 6.01. The van der Waals surface area contributed by atoms with Crippen LogP contribution in [0.4, 0.5) is 0 Å². The number of ether oxygens (including phenoxy) is 1. The zero-order valence-electron chi connectivity index (χ0n) is 8.04. The highest BCUT2D eigenvalue weighted by Crippen LogP contribution is 2.28. The average Bonchev–Trinajstić information content (AvgIpc) is 2.19. The standard InChI is InChI=1S/C11H18O2/c1-2-7-13-9-11-5-3-10(8-12)4-6-11/h1,10-12H,3-9H2. The van der Waals surface area contributed by atoms with Crippen molar-refractivity contribution >= 4 is 0 Å². The fraction of sp³-hybridized carbons (Fsp3) is 0.818. The Morgan fingerprint density at radius 3 is 2.38 bits per heavy atom. The van der Waals surface area contributed by atoms with E-state index < -0.39 is 0 Å². The van der Waals surface area contributed by atoms with Crippen molar-refractivity contribution in [3.63, 3.8) is 0 Å². The van der Waals surface area contributed by atoms with Crippen LogP contribution >= 0.6 is 0 Å². The molecule has 1 aliphatic rings. The lowest BCUT2D eigenvalue weighted by Crippen LogP contribution is -2.20. The summed E-state index contributed by atoms with van der Waals surface area (Å²) in [5.41, 5.74) is 0. The zero-order valence-corrected chi connectivity index (χ0v) is 8.04. The van der Waals surface area contributed by atoms with Crippen molar-refractivity contribution in [3.8, 4) is 12.3 Å². The van der Waals surface area contributed by atoms with Gasteiger partial charge in [-0.05, 0) is 37.5 Å². The van der Waals surface area contributed by atoms with Gasteiger partial charge in [-0.2, -0.15) is 0 Å². The largest absolute Gasteiger partial charge is 0.396 e. The van der Waals surface area contributed by atoms with E-state index >= 15 is 0 Å². The van der Waals surface area contributed by atoms with Crippen molar-refractivity contribution in [1.82, 2.24) is 0 Å². The molecule has 13 heavy (non-hydrogen) atoms. The second-order valence-corrected chi connectivity index (χ2v) is 3.79. The van der Waals surface area contributed by atoms with Gasteiger partial charge in [0.25, 0.3) is 0 Å². The van der Waals surface area contributed by atoms with Crippen LogP contribution in [0.5, 0.6) is 0 Å². The van der Waals surface area contributed by atoms with Crippen molar-refractivity contribution in [1.29, 1.82) is 0 Å². The molecule has 0 atom stereocenters. The quantitative estimate of drug-likeness (QED) is 0.526. The summed E-state index contributed by atoms with van der Waals surface area (Å²) >= 11 is 0. The highest BCUT2D eigenvalue weighted by Gasteiger charge is 2.20. The first-order chi connectivity index (χ1) is 6.36. The lowest BCUT2D eigenvalue weighted by atomic mass is 9.83. The molecule has 0 aromatic rings. The van der Waals surface area contributed by atoms with E-state index in [1.807, 2.05) is 0 Å². The summed E-state index contributed by atoms with van der Waals surface area (Å²) in [4.78, 5) is 0. The third kappa shape index (κ3) is 3.80. The molecule has 2 heteroatoms. The summed E-state index contributed by atoms with van der Waals surface area (Å²) in [5.74, 6) is 3.66. The average molecular weight is 182 g/mol. The number of rotatable bonds is 4. The summed E-state index contributed by atoms with van der Waals surface area (Å²) in [5, 5.41) is 8.93. The van der Waals surface area contributed by atoms with Crippen molar-refractivity contribution in [2.24, 2.45) is 11.8 Å². The monoisotopic (exact) mass is 182 g/mol. The number of aliphatic hydroxyl groups is 1. The van der Waals surface area contributed by atoms with Crippen LogP contribution in [0.15, 0.2) is 0 Å². The molecular weight excluding hydrogens is 164 g/mol. The molecule has 0 spiro atoms. The van der Waals surface area contributed by atoms with E-state index in [1.165, 1.54) is 12.8 Å². The van der Waals surface area contributed by atoms with Crippen LogP contribution in [0.25, 0.3) is 0 Å². The fourth-order valence-electron chi connectivity index (χ4n) is 1.87. The Morgan fingerprint density at radius 2 is 1.85 bits per heavy atom. The Kier molecular flexibility index (Phi) is 4.88. The maximum atomic E-state index is 8.93. The molecule has 2 nitrogen and oxygen atoms in total. The molecule has 0 aromatic heterocycles. The fourth-order valence-corrected chi connectivity index (χ4v) is 1.87. The lowest BCUT2D eigenvalue weighted by Gasteiger charge is -2.26. The Labute approximate surface area is 80.3 Å². The van der Waals surface area contributed by atoms with Crippen molar-refractivity contribution < 1.29 is 9.84 Å². The molecule has 0 heterocycles. The lowest BCUT2D eigenvalue weighted by molar-refractivity contribution is 0.0872. The van der Waals surface area contributed by atoms with Gasteiger partial charge in [0, 0.05) is 6.61 Å². The number of terminal acetylenes is 1. The Morgan fingerprint density at radius 1 is 1.23 bits per heavy atom. The molecule has 74 valence electrons. The molecule has 0 saturated heterocycles. The maximum absolute atomic E-state index is 8.93. The van der Waals surface area contributed by atoms with Gasteiger partial charge in [-0.1, -0.05) is 5.92 Å². The third-order valence-electron chi connectivity index (χ3n) is 2.76. The highest BCUT2D eigenvalue weighted by molar-refractivity contribution is 4.83. The van der Waals surface area contributed by atoms with Crippen molar-refractivity contribution in [2.45, 2.75) is 25.7 Å². The topological polar surface area (TPSA) is 29.5 Å². The highest BCUT2D eigenvalue weighted by atomic mass is 16.5. The molecule has 0 radical (unpaired) electrons. The van der Waals surface area contributed by atoms with E-state index in [0.29, 0.717) is 25.0 Å². The van der Waals surface area contributed by atoms with Gasteiger partial charge in [-0.15, -0.1) is 6.42 Å². The molecule has 1 fully saturated rings. The first-order valence-electron chi connectivity index (χ1n) is 4.99. The third-order valence-corrected chi connectivity index (χ3v) is 2.76. The summed E-state index contributed by atoms with van der Waals surface area (Å²) in [6, 6.07) is 0. The Balaban J connectivity index is 2.07. The van der Waals surface area contributed by atoms with Gasteiger partial charge in [-0.3, -0.25) is 0 Å². The molecule has 1 saturated carbocycles. The first kappa shape index (κ1) is 10.6. The van der Waals surface area contributed by atoms with Crippen LogP contribution in [0, 0.1) is 24.2 Å². The van der Waals surface area contributed by atoms with Crippen LogP contribution in [-0.4, -0.2) is 24.9 Å². The van der Waals surface area contributed by atoms with E-state index in [-0.39, 0.29) is 0 Å². The van der Waals surface area contributed by atoms with Gasteiger partial charge in [0.15, 0.2) is 0 Å². The molecule has 1 N–H and O–H groups in total. The summed E-state index contributed by atoms with van der Waals surface area (Å²) < 4.78 is 5.29. The normalized spacial score (nSPS) is 28.3. The van der Waals surface area contributed by atoms with Crippen LogP contribution < -0.4 is 0 Å². The predicted molar refractivity (Wildman–Crippen MR) is 52.2 cm³/mol. The van der Waals surface area contributed by atoms with E-state index in [4.69, 9.17) is 16.3 Å². The summed E-state index contributed by atoms with van der Waals surface area (Å²) in [6.45, 7) is 1.57. The summed E-state index contributed by atoms with van der Waals surface area (Å²) in [6.07, 6.45) is 9.71. The van der Waals surface area contributed by atoms with Crippen LogP contribution in [0.1, 0.15) is 25.7 Å². The summed E-state index contributed by atoms with van der Waals surface area (Å²) in [7, 11) is 0. The Bertz CT molecular complexity index is 163. The van der Waals surface area contributed by atoms with Gasteiger partial charge in [0.1, 0.15) is 6.61 Å². The zero-order chi connectivity index (χ0) is 9.52. The Hall–Kier alpha value is -0.520. The molecule has 0 aliphatic heterocycles. The van der Waals surface area contributed by atoms with E-state index in [1.54, 1.807) is 0 Å². The van der Waals surface area contributed by atoms with Crippen LogP contribution in [0.3, 0.4) is 0 Å². The van der Waals surface area contributed by atoms with Gasteiger partial charge in [-0.25, -0.2) is 0 Å². The maximum Gasteiger partial charge on any atom is 0.107 e. The van der Waals surface area contributed by atoms with Crippen molar-refractivity contribution in [3.05, 3.63) is 0 Å².